The number of nitrogens with zero attached hydrogens (tertiary/aromatic N) is 1. The Labute approximate surface area is 54.4 Å². The monoisotopic (exact) mass is 199 g/mol. The molecule has 0 saturated heterocycles. The Kier molecular flexibility index (Phi) is 15.2. The lowest BCUT2D eigenvalue weighted by atomic mass is 10.8. The van der Waals surface area contributed by atoms with Crippen LogP contribution >= 0.6 is 22.4 Å². The molecule has 6 heavy (non-hydrogen) atoms. The average molecular weight is 199 g/mol. The molecule has 0 aliphatic carbocycles. The van der Waals surface area contributed by atoms with Crippen LogP contribution in [0.5, 0.6) is 0 Å². The van der Waals surface area contributed by atoms with E-state index in [2.05, 4.69) is 22.4 Å². The van der Waals surface area contributed by atoms with Crippen LogP contribution in [0.4, 0.5) is 0 Å². The molecule has 0 aromatic heterocycles. The fourth-order valence-corrected chi connectivity index (χ4v) is 0. The first-order valence-corrected chi connectivity index (χ1v) is 3.88. The van der Waals surface area contributed by atoms with E-state index in [0.717, 1.165) is 0 Å². The summed E-state index contributed by atoms with van der Waals surface area (Å²) in [6, 6.07) is 0. The van der Waals surface area contributed by atoms with E-state index in [9.17, 15) is 0 Å². The van der Waals surface area contributed by atoms with Crippen molar-refractivity contribution in [3.8, 4) is 0 Å². The van der Waals surface area contributed by atoms with Crippen LogP contribution in [-0.2, 0) is 0 Å². The van der Waals surface area contributed by atoms with Gasteiger partial charge in [0.1, 0.15) is 0 Å². The normalized spacial score (nSPS) is 6.83. The summed E-state index contributed by atoms with van der Waals surface area (Å²) in [6.07, 6.45) is 0. The van der Waals surface area contributed by atoms with Gasteiger partial charge in [-0.15, -0.1) is 0 Å². The zero-order valence-electron chi connectivity index (χ0n) is 4.83. The van der Waals surface area contributed by atoms with Crippen molar-refractivity contribution >= 4 is 28.1 Å². The van der Waals surface area contributed by atoms with Crippen molar-refractivity contribution < 1.29 is 0 Å². The molecule has 0 radical (unpaired) electrons. The third-order valence-electron chi connectivity index (χ3n) is 0. The quantitative estimate of drug-likeness (QED) is 0.396. The van der Waals surface area contributed by atoms with E-state index in [4.69, 9.17) is 0 Å². The van der Waals surface area contributed by atoms with Crippen LogP contribution in [0.25, 0.3) is 0 Å². The molecule has 0 aromatic rings. The van der Waals surface area contributed by atoms with Crippen molar-refractivity contribution in [2.45, 2.75) is 0 Å². The lowest BCUT2D eigenvalue weighted by molar-refractivity contribution is 0.505. The Hall–Kier alpha value is 0.755. The SMILES string of the molecule is BI.CN(C)C. The van der Waals surface area contributed by atoms with E-state index in [1.165, 1.54) is 0 Å². The average Bonchev–Trinajstić information content (AvgIpc) is 1.41. The second-order valence-corrected chi connectivity index (χ2v) is 1.34. The molecule has 0 aliphatic heterocycles. The molecule has 3 heteroatoms. The molecule has 0 saturated carbocycles. The van der Waals surface area contributed by atoms with Crippen molar-refractivity contribution in [2.75, 3.05) is 21.1 Å². The van der Waals surface area contributed by atoms with Crippen molar-refractivity contribution in [2.24, 2.45) is 0 Å². The van der Waals surface area contributed by atoms with Gasteiger partial charge >= 0.3 is 0 Å². The van der Waals surface area contributed by atoms with Gasteiger partial charge in [0.05, 0.1) is 0 Å². The van der Waals surface area contributed by atoms with Gasteiger partial charge in [0, 0.05) is 0 Å². The van der Waals surface area contributed by atoms with E-state index in [-0.39, 0.29) is 0 Å². The molecule has 0 aliphatic rings. The predicted octanol–water partition coefficient (Wildman–Crippen LogP) is 0.147. The second kappa shape index (κ2) is 9.23. The Bertz CT molecular complexity index is 15.5. The van der Waals surface area contributed by atoms with E-state index >= 15 is 0 Å². The highest BCUT2D eigenvalue weighted by molar-refractivity contribution is 14.1. The summed E-state index contributed by atoms with van der Waals surface area (Å²) in [5.74, 6) is 0. The Balaban J connectivity index is 0. The maximum atomic E-state index is 2.15. The largest absolute Gasteiger partial charge is 0.312 e. The van der Waals surface area contributed by atoms with E-state index in [1.807, 2.05) is 31.7 Å². The topological polar surface area (TPSA) is 3.24 Å². The summed E-state index contributed by atoms with van der Waals surface area (Å²) in [4.78, 5) is 2.00. The number of halogens is 1. The van der Waals surface area contributed by atoms with Gasteiger partial charge in [0.25, 0.3) is 0 Å². The van der Waals surface area contributed by atoms with Crippen molar-refractivity contribution in [3.05, 3.63) is 0 Å². The van der Waals surface area contributed by atoms with Gasteiger partial charge in [-0.1, -0.05) is 0 Å². The molecule has 0 unspecified atom stereocenters. The molecule has 0 bridgehead atoms. The van der Waals surface area contributed by atoms with E-state index in [0.29, 0.717) is 0 Å². The Morgan fingerprint density at radius 2 is 1.17 bits per heavy atom. The zero-order valence-corrected chi connectivity index (χ0v) is 6.98. The van der Waals surface area contributed by atoms with Gasteiger partial charge in [-0.25, -0.2) is 0 Å². The van der Waals surface area contributed by atoms with Gasteiger partial charge in [-0.05, 0) is 21.1 Å². The molecular formula is C3H11BIN. The second-order valence-electron chi connectivity index (χ2n) is 1.34. The van der Waals surface area contributed by atoms with Gasteiger partial charge in [-0.2, -0.15) is 22.4 Å². The summed E-state index contributed by atoms with van der Waals surface area (Å²) in [5.41, 5.74) is 1.97. The molecule has 0 amide bonds. The van der Waals surface area contributed by atoms with Gasteiger partial charge in [0.15, 0.2) is 5.70 Å². The maximum Gasteiger partial charge on any atom is 0.181 e. The number of hydrogen-bond donors (Lipinski definition) is 0. The summed E-state index contributed by atoms with van der Waals surface area (Å²) in [6.45, 7) is 0. The molecule has 0 spiro atoms. The van der Waals surface area contributed by atoms with Crippen LogP contribution < -0.4 is 0 Å². The first-order valence-electron chi connectivity index (χ1n) is 1.72. The number of hydrogen-bond acceptors (Lipinski definition) is 1. The van der Waals surface area contributed by atoms with Crippen LogP contribution in [0.15, 0.2) is 0 Å². The van der Waals surface area contributed by atoms with Crippen LogP contribution in [0.3, 0.4) is 0 Å². The fraction of sp³-hybridized carbons (Fsp3) is 1.00. The highest BCUT2D eigenvalue weighted by Gasteiger charge is 1.58. The molecule has 1 nitrogen and oxygen atoms in total. The molecule has 0 atom stereocenters. The first kappa shape index (κ1) is 9.89. The maximum absolute atomic E-state index is 2.15. The molecule has 0 N–H and O–H groups in total. The van der Waals surface area contributed by atoms with Crippen LogP contribution in [0, 0.1) is 0 Å². The lowest BCUT2D eigenvalue weighted by Gasteiger charge is -1.90. The highest BCUT2D eigenvalue weighted by atomic mass is 127. The minimum Gasteiger partial charge on any atom is -0.312 e. The van der Waals surface area contributed by atoms with E-state index in [1.54, 1.807) is 0 Å². The highest BCUT2D eigenvalue weighted by Crippen LogP contribution is 1.47. The standard InChI is InChI=1S/C3H9N.BH2I/c1-4(2)3;1-2/h1-3H3;1H2. The smallest absolute Gasteiger partial charge is 0.181 e. The molecule has 38 valence electrons. The minimum absolute atomic E-state index is 1.97. The third-order valence-corrected chi connectivity index (χ3v) is 0. The molecule has 0 heterocycles. The molecular weight excluding hydrogens is 188 g/mol. The van der Waals surface area contributed by atoms with Crippen LogP contribution in [-0.4, -0.2) is 31.7 Å². The fourth-order valence-electron chi connectivity index (χ4n) is 0. The van der Waals surface area contributed by atoms with Gasteiger partial charge in [0.2, 0.25) is 0 Å². The van der Waals surface area contributed by atoms with E-state index < -0.39 is 0 Å². The summed E-state index contributed by atoms with van der Waals surface area (Å²) < 4.78 is 0. The summed E-state index contributed by atoms with van der Waals surface area (Å²) in [5, 5.41) is 0. The van der Waals surface area contributed by atoms with Crippen molar-refractivity contribution in [1.82, 2.24) is 4.90 Å². The van der Waals surface area contributed by atoms with Gasteiger partial charge in [-0.3, -0.25) is 0 Å². The van der Waals surface area contributed by atoms with Crippen LogP contribution in [0.1, 0.15) is 0 Å². The lowest BCUT2D eigenvalue weighted by Crippen LogP contribution is -1.99. The Morgan fingerprint density at radius 1 is 1.17 bits per heavy atom. The predicted molar refractivity (Wildman–Crippen MR) is 42.2 cm³/mol. The summed E-state index contributed by atoms with van der Waals surface area (Å²) in [7, 11) is 6.00. The number of rotatable bonds is 0. The van der Waals surface area contributed by atoms with Crippen LogP contribution in [0.2, 0.25) is 0 Å². The Morgan fingerprint density at radius 3 is 1.17 bits per heavy atom. The van der Waals surface area contributed by atoms with Crippen molar-refractivity contribution in [3.63, 3.8) is 0 Å². The summed E-state index contributed by atoms with van der Waals surface area (Å²) >= 11 is 2.15. The molecule has 0 rings (SSSR count). The zero-order chi connectivity index (χ0) is 5.58. The van der Waals surface area contributed by atoms with Gasteiger partial charge < -0.3 is 4.90 Å². The van der Waals surface area contributed by atoms with Crippen molar-refractivity contribution in [1.29, 1.82) is 0 Å². The minimum atomic E-state index is 1.97. The first-order chi connectivity index (χ1) is 2.73. The third kappa shape index (κ3) is 118. The molecule has 0 aromatic carbocycles. The molecule has 0 fully saturated rings.